The van der Waals surface area contributed by atoms with Gasteiger partial charge in [-0.1, -0.05) is 13.3 Å². The summed E-state index contributed by atoms with van der Waals surface area (Å²) in [5.41, 5.74) is 0. The minimum atomic E-state index is -0.399. The van der Waals surface area contributed by atoms with E-state index in [-0.39, 0.29) is 0 Å². The van der Waals surface area contributed by atoms with Crippen LogP contribution < -0.4 is 5.32 Å². The molecule has 18 heavy (non-hydrogen) atoms. The van der Waals surface area contributed by atoms with Gasteiger partial charge in [0.1, 0.15) is 0 Å². The highest BCUT2D eigenvalue weighted by Gasteiger charge is 2.20. The van der Waals surface area contributed by atoms with Crippen molar-refractivity contribution in [3.63, 3.8) is 0 Å². The molecule has 2 atom stereocenters. The largest absolute Gasteiger partial charge is 0.389 e. The highest BCUT2D eigenvalue weighted by atomic mass is 16.5. The Morgan fingerprint density at radius 1 is 1.39 bits per heavy atom. The van der Waals surface area contributed by atoms with Crippen molar-refractivity contribution in [3.05, 3.63) is 0 Å². The van der Waals surface area contributed by atoms with Crippen LogP contribution in [0.15, 0.2) is 0 Å². The predicted molar refractivity (Wildman–Crippen MR) is 72.7 cm³/mol. The molecule has 108 valence electrons. The zero-order chi connectivity index (χ0) is 13.2. The standard InChI is InChI=1S/C14H29NO3/c1-3-4-7-18-11-14(16)10-15-12(2)13-5-8-17-9-6-13/h12-16H,3-11H2,1-2H3. The molecule has 1 heterocycles. The van der Waals surface area contributed by atoms with Gasteiger partial charge in [0.25, 0.3) is 0 Å². The Bertz CT molecular complexity index is 195. The van der Waals surface area contributed by atoms with Gasteiger partial charge >= 0.3 is 0 Å². The van der Waals surface area contributed by atoms with E-state index in [0.717, 1.165) is 45.5 Å². The molecule has 2 N–H and O–H groups in total. The summed E-state index contributed by atoms with van der Waals surface area (Å²) >= 11 is 0. The molecule has 2 unspecified atom stereocenters. The fraction of sp³-hybridized carbons (Fsp3) is 1.00. The van der Waals surface area contributed by atoms with Crippen LogP contribution in [0.25, 0.3) is 0 Å². The number of ether oxygens (including phenoxy) is 2. The Balaban J connectivity index is 2.03. The molecule has 4 nitrogen and oxygen atoms in total. The average molecular weight is 259 g/mol. The van der Waals surface area contributed by atoms with Gasteiger partial charge in [-0.15, -0.1) is 0 Å². The van der Waals surface area contributed by atoms with Crippen molar-refractivity contribution in [1.82, 2.24) is 5.32 Å². The minimum absolute atomic E-state index is 0.399. The first kappa shape index (κ1) is 15.9. The molecule has 0 aromatic rings. The van der Waals surface area contributed by atoms with E-state index in [4.69, 9.17) is 9.47 Å². The van der Waals surface area contributed by atoms with Gasteiger partial charge in [0, 0.05) is 32.4 Å². The number of nitrogens with one attached hydrogen (secondary N) is 1. The van der Waals surface area contributed by atoms with Crippen molar-refractivity contribution in [2.24, 2.45) is 5.92 Å². The highest BCUT2D eigenvalue weighted by molar-refractivity contribution is 4.75. The van der Waals surface area contributed by atoms with Crippen molar-refractivity contribution < 1.29 is 14.6 Å². The molecule has 1 saturated heterocycles. The first-order valence-electron chi connectivity index (χ1n) is 7.31. The quantitative estimate of drug-likeness (QED) is 0.617. The Morgan fingerprint density at radius 2 is 2.11 bits per heavy atom. The normalized spacial score (nSPS) is 20.8. The third-order valence-electron chi connectivity index (χ3n) is 3.60. The summed E-state index contributed by atoms with van der Waals surface area (Å²) < 4.78 is 10.8. The molecular weight excluding hydrogens is 230 g/mol. The lowest BCUT2D eigenvalue weighted by Crippen LogP contribution is -2.41. The van der Waals surface area contributed by atoms with Gasteiger partial charge in [-0.05, 0) is 32.1 Å². The minimum Gasteiger partial charge on any atom is -0.389 e. The predicted octanol–water partition coefficient (Wildman–Crippen LogP) is 1.57. The number of aliphatic hydroxyl groups is 1. The third kappa shape index (κ3) is 6.69. The van der Waals surface area contributed by atoms with Crippen molar-refractivity contribution in [2.75, 3.05) is 33.0 Å². The summed E-state index contributed by atoms with van der Waals surface area (Å²) in [5.74, 6) is 0.673. The molecule has 0 aromatic carbocycles. The van der Waals surface area contributed by atoms with E-state index >= 15 is 0 Å². The number of rotatable bonds is 9. The SMILES string of the molecule is CCCCOCC(O)CNC(C)C1CCOCC1. The van der Waals surface area contributed by atoms with Crippen LogP contribution in [0.4, 0.5) is 0 Å². The van der Waals surface area contributed by atoms with E-state index in [1.165, 1.54) is 0 Å². The van der Waals surface area contributed by atoms with Gasteiger partial charge < -0.3 is 19.9 Å². The molecule has 1 aliphatic heterocycles. The molecule has 1 aliphatic rings. The second-order valence-electron chi connectivity index (χ2n) is 5.23. The van der Waals surface area contributed by atoms with E-state index in [9.17, 15) is 5.11 Å². The lowest BCUT2D eigenvalue weighted by Gasteiger charge is -2.29. The smallest absolute Gasteiger partial charge is 0.0897 e. The maximum atomic E-state index is 9.78. The van der Waals surface area contributed by atoms with Crippen molar-refractivity contribution in [3.8, 4) is 0 Å². The zero-order valence-corrected chi connectivity index (χ0v) is 11.9. The molecule has 0 radical (unpaired) electrons. The number of hydrogen-bond acceptors (Lipinski definition) is 4. The lowest BCUT2D eigenvalue weighted by molar-refractivity contribution is 0.0285. The average Bonchev–Trinajstić information content (AvgIpc) is 2.42. The Kier molecular flexibility index (Phi) is 8.59. The first-order valence-corrected chi connectivity index (χ1v) is 7.31. The van der Waals surface area contributed by atoms with Crippen LogP contribution >= 0.6 is 0 Å². The summed E-state index contributed by atoms with van der Waals surface area (Å²) in [4.78, 5) is 0. The van der Waals surface area contributed by atoms with Crippen LogP contribution in [-0.2, 0) is 9.47 Å². The van der Waals surface area contributed by atoms with Gasteiger partial charge in [0.05, 0.1) is 12.7 Å². The third-order valence-corrected chi connectivity index (χ3v) is 3.60. The Hall–Kier alpha value is -0.160. The number of aliphatic hydroxyl groups excluding tert-OH is 1. The molecule has 0 aliphatic carbocycles. The summed E-state index contributed by atoms with van der Waals surface area (Å²) in [6, 6.07) is 0.444. The first-order chi connectivity index (χ1) is 8.74. The maximum absolute atomic E-state index is 9.78. The molecule has 1 fully saturated rings. The van der Waals surface area contributed by atoms with E-state index < -0.39 is 6.10 Å². The van der Waals surface area contributed by atoms with Crippen molar-refractivity contribution in [2.45, 2.75) is 51.7 Å². The van der Waals surface area contributed by atoms with Gasteiger partial charge in [0.15, 0.2) is 0 Å². The molecule has 0 bridgehead atoms. The van der Waals surface area contributed by atoms with Gasteiger partial charge in [-0.3, -0.25) is 0 Å². The van der Waals surface area contributed by atoms with E-state index in [2.05, 4.69) is 19.2 Å². The monoisotopic (exact) mass is 259 g/mol. The van der Waals surface area contributed by atoms with Crippen LogP contribution in [-0.4, -0.2) is 50.2 Å². The summed E-state index contributed by atoms with van der Waals surface area (Å²) in [6.07, 6.45) is 4.05. The lowest BCUT2D eigenvalue weighted by atomic mass is 9.93. The summed E-state index contributed by atoms with van der Waals surface area (Å²) in [7, 11) is 0. The molecule has 4 heteroatoms. The van der Waals surface area contributed by atoms with Crippen LogP contribution in [0.2, 0.25) is 0 Å². The Morgan fingerprint density at radius 3 is 2.78 bits per heavy atom. The van der Waals surface area contributed by atoms with Gasteiger partial charge in [-0.2, -0.15) is 0 Å². The molecule has 0 saturated carbocycles. The van der Waals surface area contributed by atoms with Crippen LogP contribution in [0.3, 0.4) is 0 Å². The van der Waals surface area contributed by atoms with Gasteiger partial charge in [-0.25, -0.2) is 0 Å². The molecular formula is C14H29NO3. The Labute approximate surface area is 111 Å². The molecule has 0 aromatic heterocycles. The van der Waals surface area contributed by atoms with E-state index in [0.29, 0.717) is 25.1 Å². The number of unbranched alkanes of at least 4 members (excludes halogenated alkanes) is 1. The zero-order valence-electron chi connectivity index (χ0n) is 11.9. The fourth-order valence-electron chi connectivity index (χ4n) is 2.23. The van der Waals surface area contributed by atoms with E-state index in [1.54, 1.807) is 0 Å². The van der Waals surface area contributed by atoms with E-state index in [1.807, 2.05) is 0 Å². The number of hydrogen-bond donors (Lipinski definition) is 2. The van der Waals surface area contributed by atoms with Crippen LogP contribution in [0.5, 0.6) is 0 Å². The molecule has 0 spiro atoms. The maximum Gasteiger partial charge on any atom is 0.0897 e. The second kappa shape index (κ2) is 9.73. The summed E-state index contributed by atoms with van der Waals surface area (Å²) in [5, 5.41) is 13.2. The highest BCUT2D eigenvalue weighted by Crippen LogP contribution is 2.18. The second-order valence-corrected chi connectivity index (χ2v) is 5.23. The molecule has 0 amide bonds. The topological polar surface area (TPSA) is 50.7 Å². The van der Waals surface area contributed by atoms with Crippen LogP contribution in [0.1, 0.15) is 39.5 Å². The van der Waals surface area contributed by atoms with Crippen LogP contribution in [0, 0.1) is 5.92 Å². The van der Waals surface area contributed by atoms with Crippen molar-refractivity contribution in [1.29, 1.82) is 0 Å². The summed E-state index contributed by atoms with van der Waals surface area (Å²) in [6.45, 7) is 7.89. The fourth-order valence-corrected chi connectivity index (χ4v) is 2.23. The van der Waals surface area contributed by atoms with Crippen molar-refractivity contribution >= 4 is 0 Å². The van der Waals surface area contributed by atoms with Gasteiger partial charge in [0.2, 0.25) is 0 Å². The molecule has 1 rings (SSSR count).